The first kappa shape index (κ1) is 15.1. The van der Waals surface area contributed by atoms with Gasteiger partial charge in [-0.3, -0.25) is 0 Å². The van der Waals surface area contributed by atoms with E-state index in [2.05, 4.69) is 24.4 Å². The summed E-state index contributed by atoms with van der Waals surface area (Å²) in [4.78, 5) is 0. The minimum Gasteiger partial charge on any atom is -0.490 e. The molecule has 112 valence electrons. The topological polar surface area (TPSA) is 50.7 Å². The van der Waals surface area contributed by atoms with Gasteiger partial charge in [-0.2, -0.15) is 0 Å². The van der Waals surface area contributed by atoms with E-state index in [0.29, 0.717) is 6.04 Å². The van der Waals surface area contributed by atoms with E-state index in [9.17, 15) is 0 Å². The van der Waals surface area contributed by atoms with E-state index < -0.39 is 0 Å². The first-order valence-corrected chi connectivity index (χ1v) is 7.55. The molecular formula is C16H25NO3. The highest BCUT2D eigenvalue weighted by atomic mass is 16.5. The van der Waals surface area contributed by atoms with Gasteiger partial charge in [-0.1, -0.05) is 6.07 Å². The van der Waals surface area contributed by atoms with Gasteiger partial charge < -0.3 is 19.9 Å². The average molecular weight is 279 g/mol. The van der Waals surface area contributed by atoms with Crippen molar-refractivity contribution >= 4 is 0 Å². The Bertz CT molecular complexity index is 409. The third-order valence-electron chi connectivity index (χ3n) is 3.56. The molecule has 0 aromatic heterocycles. The third kappa shape index (κ3) is 4.39. The molecule has 0 spiro atoms. The number of rotatable bonds is 7. The highest BCUT2D eigenvalue weighted by Crippen LogP contribution is 2.32. The quantitative estimate of drug-likeness (QED) is 0.753. The minimum atomic E-state index is 0.289. The fourth-order valence-corrected chi connectivity index (χ4v) is 2.30. The maximum atomic E-state index is 8.74. The largest absolute Gasteiger partial charge is 0.490 e. The van der Waals surface area contributed by atoms with Gasteiger partial charge in [-0.05, 0) is 50.4 Å². The molecule has 2 N–H and O–H groups in total. The number of benzene rings is 1. The lowest BCUT2D eigenvalue weighted by molar-refractivity contribution is 0.282. The zero-order valence-electron chi connectivity index (χ0n) is 12.2. The summed E-state index contributed by atoms with van der Waals surface area (Å²) in [5.41, 5.74) is 1.22. The second kappa shape index (κ2) is 8.12. The van der Waals surface area contributed by atoms with Gasteiger partial charge >= 0.3 is 0 Å². The maximum Gasteiger partial charge on any atom is 0.161 e. The predicted molar refractivity (Wildman–Crippen MR) is 79.4 cm³/mol. The molecule has 0 fully saturated rings. The molecule has 1 aliphatic rings. The Hall–Kier alpha value is -1.26. The highest BCUT2D eigenvalue weighted by Gasteiger charge is 2.13. The molecule has 2 rings (SSSR count). The van der Waals surface area contributed by atoms with E-state index in [0.717, 1.165) is 56.9 Å². The number of aliphatic hydroxyl groups is 1. The van der Waals surface area contributed by atoms with Crippen LogP contribution in [-0.2, 0) is 0 Å². The summed E-state index contributed by atoms with van der Waals surface area (Å²) in [6.45, 7) is 4.86. The van der Waals surface area contributed by atoms with Crippen molar-refractivity contribution in [2.75, 3.05) is 26.4 Å². The van der Waals surface area contributed by atoms with E-state index in [1.54, 1.807) is 0 Å². The summed E-state index contributed by atoms with van der Waals surface area (Å²) in [5.74, 6) is 1.70. The molecule has 1 atom stereocenters. The van der Waals surface area contributed by atoms with Gasteiger partial charge in [0.25, 0.3) is 0 Å². The second-order valence-electron chi connectivity index (χ2n) is 5.22. The molecule has 1 unspecified atom stereocenters. The number of fused-ring (bicyclic) bond motifs is 1. The molecule has 1 aliphatic heterocycles. The van der Waals surface area contributed by atoms with Gasteiger partial charge in [-0.25, -0.2) is 0 Å². The van der Waals surface area contributed by atoms with Crippen LogP contribution in [0.15, 0.2) is 18.2 Å². The van der Waals surface area contributed by atoms with Gasteiger partial charge in [0, 0.05) is 19.1 Å². The second-order valence-corrected chi connectivity index (χ2v) is 5.22. The summed E-state index contributed by atoms with van der Waals surface area (Å²) in [5, 5.41) is 12.2. The monoisotopic (exact) mass is 279 g/mol. The predicted octanol–water partition coefficient (Wildman–Crippen LogP) is 2.66. The van der Waals surface area contributed by atoms with Gasteiger partial charge in [0.1, 0.15) is 0 Å². The van der Waals surface area contributed by atoms with Crippen molar-refractivity contribution in [3.8, 4) is 11.5 Å². The van der Waals surface area contributed by atoms with Crippen molar-refractivity contribution in [1.82, 2.24) is 5.32 Å². The van der Waals surface area contributed by atoms with Gasteiger partial charge in [0.05, 0.1) is 13.2 Å². The molecule has 0 radical (unpaired) electrons. The SMILES string of the molecule is CC(NCCCCCO)c1ccc2c(c1)OCCCO2. The zero-order chi connectivity index (χ0) is 14.2. The lowest BCUT2D eigenvalue weighted by Crippen LogP contribution is -2.20. The molecule has 0 bridgehead atoms. The van der Waals surface area contributed by atoms with Crippen LogP contribution in [0.25, 0.3) is 0 Å². The van der Waals surface area contributed by atoms with Gasteiger partial charge in [-0.15, -0.1) is 0 Å². The fourth-order valence-electron chi connectivity index (χ4n) is 2.30. The van der Waals surface area contributed by atoms with Crippen molar-refractivity contribution in [1.29, 1.82) is 0 Å². The highest BCUT2D eigenvalue weighted by molar-refractivity contribution is 5.44. The van der Waals surface area contributed by atoms with Crippen LogP contribution >= 0.6 is 0 Å². The van der Waals surface area contributed by atoms with Crippen molar-refractivity contribution < 1.29 is 14.6 Å². The van der Waals surface area contributed by atoms with E-state index >= 15 is 0 Å². The molecule has 20 heavy (non-hydrogen) atoms. The van der Waals surface area contributed by atoms with Crippen LogP contribution < -0.4 is 14.8 Å². The molecule has 1 heterocycles. The summed E-state index contributed by atoms with van der Waals surface area (Å²) in [7, 11) is 0. The maximum absolute atomic E-state index is 8.74. The Kier molecular flexibility index (Phi) is 6.15. The summed E-state index contributed by atoms with van der Waals surface area (Å²) in [6.07, 6.45) is 3.98. The molecule has 1 aromatic rings. The van der Waals surface area contributed by atoms with Crippen LogP contribution in [0.3, 0.4) is 0 Å². The Labute approximate surface area is 121 Å². The molecular weight excluding hydrogens is 254 g/mol. The molecule has 4 heteroatoms. The summed E-state index contributed by atoms with van der Waals surface area (Å²) < 4.78 is 11.4. The average Bonchev–Trinajstić information content (AvgIpc) is 2.71. The van der Waals surface area contributed by atoms with E-state index in [-0.39, 0.29) is 6.61 Å². The Balaban J connectivity index is 1.86. The third-order valence-corrected chi connectivity index (χ3v) is 3.56. The normalized spacial score (nSPS) is 15.7. The van der Waals surface area contributed by atoms with E-state index in [1.807, 2.05) is 6.07 Å². The summed E-state index contributed by atoms with van der Waals surface area (Å²) in [6, 6.07) is 6.46. The summed E-state index contributed by atoms with van der Waals surface area (Å²) >= 11 is 0. The van der Waals surface area contributed by atoms with Crippen LogP contribution in [0.1, 0.15) is 44.2 Å². The zero-order valence-corrected chi connectivity index (χ0v) is 12.2. The Morgan fingerprint density at radius 1 is 1.15 bits per heavy atom. The number of nitrogens with one attached hydrogen (secondary N) is 1. The molecule has 0 saturated heterocycles. The number of hydrogen-bond donors (Lipinski definition) is 2. The number of ether oxygens (including phenoxy) is 2. The smallest absolute Gasteiger partial charge is 0.161 e. The van der Waals surface area contributed by atoms with Crippen LogP contribution in [0.4, 0.5) is 0 Å². The van der Waals surface area contributed by atoms with Crippen molar-refractivity contribution in [3.05, 3.63) is 23.8 Å². The Morgan fingerprint density at radius 2 is 1.95 bits per heavy atom. The van der Waals surface area contributed by atoms with Crippen molar-refractivity contribution in [3.63, 3.8) is 0 Å². The molecule has 0 saturated carbocycles. The number of unbranched alkanes of at least 4 members (excludes halogenated alkanes) is 2. The van der Waals surface area contributed by atoms with Crippen molar-refractivity contribution in [2.45, 2.75) is 38.6 Å². The molecule has 4 nitrogen and oxygen atoms in total. The molecule has 0 aliphatic carbocycles. The van der Waals surface area contributed by atoms with E-state index in [4.69, 9.17) is 14.6 Å². The number of aliphatic hydroxyl groups excluding tert-OH is 1. The van der Waals surface area contributed by atoms with Crippen LogP contribution in [-0.4, -0.2) is 31.5 Å². The van der Waals surface area contributed by atoms with Gasteiger partial charge in [0.2, 0.25) is 0 Å². The van der Waals surface area contributed by atoms with Gasteiger partial charge in [0.15, 0.2) is 11.5 Å². The standard InChI is InChI=1S/C16H25NO3/c1-13(17-8-3-2-4-9-18)14-6-7-15-16(12-14)20-11-5-10-19-15/h6-7,12-13,17-18H,2-5,8-11H2,1H3. The Morgan fingerprint density at radius 3 is 2.75 bits per heavy atom. The molecule has 0 amide bonds. The van der Waals surface area contributed by atoms with E-state index in [1.165, 1.54) is 5.56 Å². The van der Waals surface area contributed by atoms with Crippen LogP contribution in [0.2, 0.25) is 0 Å². The van der Waals surface area contributed by atoms with Crippen LogP contribution in [0.5, 0.6) is 11.5 Å². The first-order valence-electron chi connectivity index (χ1n) is 7.55. The van der Waals surface area contributed by atoms with Crippen LogP contribution in [0, 0.1) is 0 Å². The minimum absolute atomic E-state index is 0.289. The van der Waals surface area contributed by atoms with Crippen molar-refractivity contribution in [2.24, 2.45) is 0 Å². The lowest BCUT2D eigenvalue weighted by Gasteiger charge is -2.16. The molecule has 1 aromatic carbocycles. The fraction of sp³-hybridized carbons (Fsp3) is 0.625. The number of hydrogen-bond acceptors (Lipinski definition) is 4. The lowest BCUT2D eigenvalue weighted by atomic mass is 10.1. The first-order chi connectivity index (χ1) is 9.81.